The molecular formula is C25H26N2O3. The third kappa shape index (κ3) is 5.86. The molecule has 0 aliphatic carbocycles. The van der Waals surface area contributed by atoms with Crippen molar-refractivity contribution in [1.29, 1.82) is 0 Å². The van der Waals surface area contributed by atoms with E-state index in [1.807, 2.05) is 72.8 Å². The van der Waals surface area contributed by atoms with Crippen LogP contribution in [0.4, 0.5) is 0 Å². The minimum Gasteiger partial charge on any atom is -0.480 e. The SMILES string of the molecule is CNC(Cc1ccc(-c2cccc(CNCC(=O)c3ccccc3)c2)cc1)C(=O)O. The van der Waals surface area contributed by atoms with E-state index in [9.17, 15) is 14.7 Å². The van der Waals surface area contributed by atoms with Gasteiger partial charge in [0.15, 0.2) is 5.78 Å². The van der Waals surface area contributed by atoms with E-state index in [0.29, 0.717) is 25.1 Å². The van der Waals surface area contributed by atoms with Gasteiger partial charge in [-0.3, -0.25) is 9.59 Å². The Morgan fingerprint density at radius 1 is 0.867 bits per heavy atom. The van der Waals surface area contributed by atoms with E-state index in [1.165, 1.54) is 0 Å². The van der Waals surface area contributed by atoms with Gasteiger partial charge in [-0.2, -0.15) is 0 Å². The molecule has 0 saturated heterocycles. The van der Waals surface area contributed by atoms with Crippen molar-refractivity contribution in [2.24, 2.45) is 0 Å². The quantitative estimate of drug-likeness (QED) is 0.452. The van der Waals surface area contributed by atoms with Crippen LogP contribution in [0.1, 0.15) is 21.5 Å². The summed E-state index contributed by atoms with van der Waals surface area (Å²) >= 11 is 0. The zero-order chi connectivity index (χ0) is 21.3. The lowest BCUT2D eigenvalue weighted by molar-refractivity contribution is -0.139. The van der Waals surface area contributed by atoms with Gasteiger partial charge in [-0.15, -0.1) is 0 Å². The first-order valence-corrected chi connectivity index (χ1v) is 9.94. The van der Waals surface area contributed by atoms with E-state index >= 15 is 0 Å². The zero-order valence-electron chi connectivity index (χ0n) is 17.0. The smallest absolute Gasteiger partial charge is 0.321 e. The van der Waals surface area contributed by atoms with E-state index in [2.05, 4.69) is 16.7 Å². The Morgan fingerprint density at radius 3 is 2.27 bits per heavy atom. The number of hydrogen-bond acceptors (Lipinski definition) is 4. The second-order valence-corrected chi connectivity index (χ2v) is 7.17. The highest BCUT2D eigenvalue weighted by Gasteiger charge is 2.15. The van der Waals surface area contributed by atoms with E-state index in [-0.39, 0.29) is 5.78 Å². The Labute approximate surface area is 176 Å². The molecule has 5 nitrogen and oxygen atoms in total. The normalized spacial score (nSPS) is 11.8. The van der Waals surface area contributed by atoms with Crippen LogP contribution in [0.2, 0.25) is 0 Å². The van der Waals surface area contributed by atoms with Crippen LogP contribution in [0.5, 0.6) is 0 Å². The number of aliphatic carboxylic acids is 1. The number of carboxylic acid groups (broad SMARTS) is 1. The number of ketones is 1. The first-order valence-electron chi connectivity index (χ1n) is 9.94. The molecule has 3 aromatic carbocycles. The third-order valence-electron chi connectivity index (χ3n) is 5.01. The van der Waals surface area contributed by atoms with Crippen molar-refractivity contribution in [2.45, 2.75) is 19.0 Å². The second-order valence-electron chi connectivity index (χ2n) is 7.17. The molecule has 0 bridgehead atoms. The van der Waals surface area contributed by atoms with Crippen LogP contribution in [0.15, 0.2) is 78.9 Å². The van der Waals surface area contributed by atoms with Gasteiger partial charge in [0.25, 0.3) is 0 Å². The molecule has 3 N–H and O–H groups in total. The van der Waals surface area contributed by atoms with E-state index in [0.717, 1.165) is 22.3 Å². The summed E-state index contributed by atoms with van der Waals surface area (Å²) in [6.07, 6.45) is 0.436. The van der Waals surface area contributed by atoms with Crippen LogP contribution in [0, 0.1) is 0 Å². The summed E-state index contributed by atoms with van der Waals surface area (Å²) in [7, 11) is 1.65. The highest BCUT2D eigenvalue weighted by molar-refractivity contribution is 5.97. The fourth-order valence-corrected chi connectivity index (χ4v) is 3.29. The Hall–Kier alpha value is -3.28. The van der Waals surface area contributed by atoms with Gasteiger partial charge in [-0.1, -0.05) is 72.8 Å². The summed E-state index contributed by atoms with van der Waals surface area (Å²) in [5, 5.41) is 15.2. The minimum absolute atomic E-state index is 0.0728. The first kappa shape index (κ1) is 21.4. The Balaban J connectivity index is 1.59. The summed E-state index contributed by atoms with van der Waals surface area (Å²) in [5.41, 5.74) is 4.93. The van der Waals surface area contributed by atoms with Crippen LogP contribution >= 0.6 is 0 Å². The molecule has 0 aromatic heterocycles. The molecule has 1 unspecified atom stereocenters. The lowest BCUT2D eigenvalue weighted by Gasteiger charge is -2.12. The number of rotatable bonds is 10. The van der Waals surface area contributed by atoms with Crippen molar-refractivity contribution in [2.75, 3.05) is 13.6 Å². The van der Waals surface area contributed by atoms with E-state index in [1.54, 1.807) is 7.05 Å². The average Bonchev–Trinajstić information content (AvgIpc) is 2.78. The number of carbonyl (C=O) groups is 2. The highest BCUT2D eigenvalue weighted by Crippen LogP contribution is 2.21. The van der Waals surface area contributed by atoms with Gasteiger partial charge in [0.2, 0.25) is 0 Å². The van der Waals surface area contributed by atoms with Crippen molar-refractivity contribution in [3.05, 3.63) is 95.6 Å². The topological polar surface area (TPSA) is 78.4 Å². The lowest BCUT2D eigenvalue weighted by Crippen LogP contribution is -2.35. The number of benzene rings is 3. The molecule has 0 fully saturated rings. The average molecular weight is 402 g/mol. The molecule has 0 heterocycles. The van der Waals surface area contributed by atoms with Gasteiger partial charge in [0.1, 0.15) is 6.04 Å². The van der Waals surface area contributed by atoms with Crippen LogP contribution in [-0.4, -0.2) is 36.5 Å². The fraction of sp³-hybridized carbons (Fsp3) is 0.200. The summed E-state index contributed by atoms with van der Waals surface area (Å²) in [5.74, 6) is -0.781. The Bertz CT molecular complexity index is 985. The van der Waals surface area contributed by atoms with Gasteiger partial charge in [0, 0.05) is 12.1 Å². The van der Waals surface area contributed by atoms with Gasteiger partial charge in [-0.05, 0) is 41.8 Å². The van der Waals surface area contributed by atoms with Crippen LogP contribution in [0.25, 0.3) is 11.1 Å². The van der Waals surface area contributed by atoms with Gasteiger partial charge in [0.05, 0.1) is 6.54 Å². The van der Waals surface area contributed by atoms with Gasteiger partial charge in [-0.25, -0.2) is 0 Å². The maximum absolute atomic E-state index is 12.2. The van der Waals surface area contributed by atoms with Crippen LogP contribution in [0.3, 0.4) is 0 Å². The maximum Gasteiger partial charge on any atom is 0.321 e. The number of Topliss-reactive ketones (excluding diaryl/α,β-unsaturated/α-hetero) is 1. The monoisotopic (exact) mass is 402 g/mol. The minimum atomic E-state index is -0.854. The molecule has 0 aliphatic rings. The molecular weight excluding hydrogens is 376 g/mol. The predicted octanol–water partition coefficient (Wildman–Crippen LogP) is 3.54. The van der Waals surface area contributed by atoms with Crippen molar-refractivity contribution in [3.63, 3.8) is 0 Å². The summed E-state index contributed by atoms with van der Waals surface area (Å²) in [6, 6.07) is 24.8. The first-order chi connectivity index (χ1) is 14.6. The zero-order valence-corrected chi connectivity index (χ0v) is 17.0. The number of carbonyl (C=O) groups excluding carboxylic acids is 1. The van der Waals surface area contributed by atoms with Crippen molar-refractivity contribution < 1.29 is 14.7 Å². The molecule has 1 atom stereocenters. The molecule has 0 saturated carbocycles. The van der Waals surface area contributed by atoms with E-state index < -0.39 is 12.0 Å². The van der Waals surface area contributed by atoms with Crippen molar-refractivity contribution in [3.8, 4) is 11.1 Å². The Kier molecular flexibility index (Phi) is 7.49. The lowest BCUT2D eigenvalue weighted by atomic mass is 9.99. The molecule has 5 heteroatoms. The van der Waals surface area contributed by atoms with Gasteiger partial charge >= 0.3 is 5.97 Å². The Morgan fingerprint density at radius 2 is 1.60 bits per heavy atom. The summed E-state index contributed by atoms with van der Waals surface area (Å²) < 4.78 is 0. The molecule has 0 amide bonds. The fourth-order valence-electron chi connectivity index (χ4n) is 3.29. The maximum atomic E-state index is 12.2. The summed E-state index contributed by atoms with van der Waals surface area (Å²) in [6.45, 7) is 0.895. The molecule has 154 valence electrons. The number of hydrogen-bond donors (Lipinski definition) is 3. The van der Waals surface area contributed by atoms with Crippen LogP contribution < -0.4 is 10.6 Å². The third-order valence-corrected chi connectivity index (χ3v) is 5.01. The molecule has 0 spiro atoms. The number of likely N-dealkylation sites (N-methyl/N-ethyl adjacent to an activating group) is 1. The van der Waals surface area contributed by atoms with Crippen LogP contribution in [-0.2, 0) is 17.8 Å². The number of carboxylic acids is 1. The molecule has 30 heavy (non-hydrogen) atoms. The summed E-state index contributed by atoms with van der Waals surface area (Å²) in [4.78, 5) is 23.4. The predicted molar refractivity (Wildman–Crippen MR) is 119 cm³/mol. The number of nitrogens with one attached hydrogen (secondary N) is 2. The van der Waals surface area contributed by atoms with Crippen molar-refractivity contribution >= 4 is 11.8 Å². The highest BCUT2D eigenvalue weighted by atomic mass is 16.4. The molecule has 0 aliphatic heterocycles. The van der Waals surface area contributed by atoms with Crippen molar-refractivity contribution in [1.82, 2.24) is 10.6 Å². The van der Waals surface area contributed by atoms with E-state index in [4.69, 9.17) is 0 Å². The molecule has 3 aromatic rings. The standard InChI is InChI=1S/C25H26N2O3/c1-26-23(25(29)30)15-18-10-12-20(13-11-18)22-9-5-6-19(14-22)16-27-17-24(28)21-7-3-2-4-8-21/h2-14,23,26-27H,15-17H2,1H3,(H,29,30). The second kappa shape index (κ2) is 10.5. The molecule has 0 radical (unpaired) electrons. The largest absolute Gasteiger partial charge is 0.480 e. The molecule has 3 rings (SSSR count). The van der Waals surface area contributed by atoms with Gasteiger partial charge < -0.3 is 15.7 Å².